The van der Waals surface area contributed by atoms with Crippen LogP contribution in [0.4, 0.5) is 0 Å². The molecule has 0 amide bonds. The maximum Gasteiger partial charge on any atom is 0.492 e. The van der Waals surface area contributed by atoms with Gasteiger partial charge in [0.05, 0.1) is 12.7 Å². The number of ether oxygens (including phenoxy) is 1. The molecule has 0 aliphatic carbocycles. The quantitative estimate of drug-likeness (QED) is 0.755. The Balaban J connectivity index is 2.31. The van der Waals surface area contributed by atoms with Crippen LogP contribution in [0.15, 0.2) is 6.07 Å². The van der Waals surface area contributed by atoms with Crippen LogP contribution in [-0.2, 0) is 11.3 Å². The van der Waals surface area contributed by atoms with Crippen molar-refractivity contribution >= 4 is 12.6 Å². The van der Waals surface area contributed by atoms with E-state index in [1.54, 1.807) is 6.92 Å². The summed E-state index contributed by atoms with van der Waals surface area (Å²) in [6.07, 6.45) is 0. The van der Waals surface area contributed by atoms with Gasteiger partial charge in [0.2, 0.25) is 0 Å². The van der Waals surface area contributed by atoms with Crippen LogP contribution in [0.25, 0.3) is 0 Å². The van der Waals surface area contributed by atoms with Crippen LogP contribution in [0.2, 0.25) is 0 Å². The Hall–Kier alpha value is -1.55. The van der Waals surface area contributed by atoms with Crippen molar-refractivity contribution in [2.45, 2.75) is 32.9 Å². The second-order valence-electron chi connectivity index (χ2n) is 5.19. The van der Waals surface area contributed by atoms with Gasteiger partial charge in [-0.05, 0) is 49.0 Å². The third-order valence-corrected chi connectivity index (χ3v) is 3.34. The van der Waals surface area contributed by atoms with Gasteiger partial charge in [0.15, 0.2) is 0 Å². The highest BCUT2D eigenvalue weighted by Gasteiger charge is 2.32. The van der Waals surface area contributed by atoms with E-state index >= 15 is 0 Å². The zero-order valence-electron chi connectivity index (χ0n) is 11.4. The molecule has 0 saturated carbocycles. The summed E-state index contributed by atoms with van der Waals surface area (Å²) in [6, 6.07) is 3.88. The van der Waals surface area contributed by atoms with E-state index < -0.39 is 12.7 Å². The number of nitriles is 1. The molecule has 0 bridgehead atoms. The van der Waals surface area contributed by atoms with E-state index in [1.807, 2.05) is 26.0 Å². The van der Waals surface area contributed by atoms with Crippen molar-refractivity contribution < 1.29 is 14.4 Å². The molecular weight excluding hydrogens is 243 g/mol. The number of nitrogens with two attached hydrogens (primary N) is 1. The van der Waals surface area contributed by atoms with Crippen LogP contribution in [0.1, 0.15) is 23.6 Å². The minimum atomic E-state index is -1.03. The summed E-state index contributed by atoms with van der Waals surface area (Å²) in [4.78, 5) is 0. The Morgan fingerprint density at radius 3 is 2.95 bits per heavy atom. The van der Waals surface area contributed by atoms with Crippen LogP contribution >= 0.6 is 0 Å². The van der Waals surface area contributed by atoms with Crippen molar-refractivity contribution in [1.29, 1.82) is 5.26 Å². The third kappa shape index (κ3) is 2.59. The summed E-state index contributed by atoms with van der Waals surface area (Å²) in [6.45, 7) is 5.93. The van der Waals surface area contributed by atoms with Crippen molar-refractivity contribution in [3.63, 3.8) is 0 Å². The third-order valence-electron chi connectivity index (χ3n) is 3.34. The normalized spacial score (nSPS) is 16.7. The molecule has 3 N–H and O–H groups in total. The number of hydrogen-bond acceptors (Lipinski definition) is 5. The summed E-state index contributed by atoms with van der Waals surface area (Å²) in [5, 5.41) is 18.7. The highest BCUT2D eigenvalue weighted by molar-refractivity contribution is 6.62. The van der Waals surface area contributed by atoms with E-state index in [0.717, 1.165) is 22.2 Å². The van der Waals surface area contributed by atoms with Gasteiger partial charge in [-0.1, -0.05) is 0 Å². The fraction of sp³-hybridized carbons (Fsp3) is 0.462. The first-order valence-electron chi connectivity index (χ1n) is 6.11. The van der Waals surface area contributed by atoms with E-state index in [1.165, 1.54) is 0 Å². The second-order valence-corrected chi connectivity index (χ2v) is 5.19. The molecular formula is C13H17BN2O3. The largest absolute Gasteiger partial charge is 0.492 e. The van der Waals surface area contributed by atoms with Crippen molar-refractivity contribution in [3.05, 3.63) is 22.8 Å². The zero-order chi connectivity index (χ0) is 14.2. The first-order chi connectivity index (χ1) is 8.85. The molecule has 0 saturated heterocycles. The molecule has 0 spiro atoms. The lowest BCUT2D eigenvalue weighted by Crippen LogP contribution is -2.41. The monoisotopic (exact) mass is 260 g/mol. The molecule has 2 rings (SSSR count). The molecule has 0 unspecified atom stereocenters. The molecule has 1 atom stereocenters. The first-order valence-corrected chi connectivity index (χ1v) is 6.11. The topological polar surface area (TPSA) is 88.5 Å². The summed E-state index contributed by atoms with van der Waals surface area (Å²) >= 11 is 0. The molecule has 5 nitrogen and oxygen atoms in total. The van der Waals surface area contributed by atoms with Gasteiger partial charge in [-0.3, -0.25) is 0 Å². The Morgan fingerprint density at radius 1 is 1.63 bits per heavy atom. The predicted octanol–water partition coefficient (Wildman–Crippen LogP) is 0.141. The van der Waals surface area contributed by atoms with E-state index in [9.17, 15) is 5.02 Å². The number of fused-ring (bicyclic) bond motifs is 1. The van der Waals surface area contributed by atoms with Crippen molar-refractivity contribution in [3.8, 4) is 11.8 Å². The molecule has 1 aliphatic rings. The van der Waals surface area contributed by atoms with Gasteiger partial charge in [-0.2, -0.15) is 5.26 Å². The van der Waals surface area contributed by atoms with Gasteiger partial charge in [-0.15, -0.1) is 0 Å². The fourth-order valence-corrected chi connectivity index (χ4v) is 2.14. The van der Waals surface area contributed by atoms with Gasteiger partial charge in [-0.25, -0.2) is 0 Å². The average molecular weight is 260 g/mol. The summed E-state index contributed by atoms with van der Waals surface area (Å²) in [7, 11) is -0.905. The lowest BCUT2D eigenvalue weighted by molar-refractivity contribution is 0.263. The highest BCUT2D eigenvalue weighted by Crippen LogP contribution is 2.26. The Labute approximate surface area is 113 Å². The summed E-state index contributed by atoms with van der Waals surface area (Å²) in [5.74, 6) is 0.632. The number of benzene rings is 1. The van der Waals surface area contributed by atoms with Crippen molar-refractivity contribution in [2.75, 3.05) is 6.61 Å². The molecule has 6 heteroatoms. The molecule has 0 radical (unpaired) electrons. The maximum absolute atomic E-state index is 9.83. The summed E-state index contributed by atoms with van der Waals surface area (Å²) < 4.78 is 10.9. The van der Waals surface area contributed by atoms with Crippen LogP contribution in [-0.4, -0.2) is 24.3 Å². The lowest BCUT2D eigenvalue weighted by atomic mass is 9.75. The van der Waals surface area contributed by atoms with E-state index in [-0.39, 0.29) is 6.61 Å². The van der Waals surface area contributed by atoms with E-state index in [4.69, 9.17) is 20.4 Å². The molecule has 1 aromatic rings. The Morgan fingerprint density at radius 2 is 2.32 bits per heavy atom. The van der Waals surface area contributed by atoms with Crippen LogP contribution < -0.4 is 15.9 Å². The molecule has 1 aromatic carbocycles. The maximum atomic E-state index is 9.83. The molecule has 1 aliphatic heterocycles. The fourth-order valence-electron chi connectivity index (χ4n) is 2.14. The highest BCUT2D eigenvalue weighted by atomic mass is 16.5. The first kappa shape index (κ1) is 13.9. The smallest absolute Gasteiger partial charge is 0.490 e. The number of nitrogens with zero attached hydrogens (tertiary/aromatic N) is 1. The van der Waals surface area contributed by atoms with Gasteiger partial charge in [0.25, 0.3) is 0 Å². The van der Waals surface area contributed by atoms with Gasteiger partial charge >= 0.3 is 7.12 Å². The second kappa shape index (κ2) is 4.85. The van der Waals surface area contributed by atoms with Gasteiger partial charge in [0, 0.05) is 0 Å². The van der Waals surface area contributed by atoms with E-state index in [2.05, 4.69) is 0 Å². The SMILES string of the molecule is Cc1cc(OC[C@@](C)(N)C#N)c(C)c2c1COB2O. The molecule has 1 heterocycles. The number of rotatable bonds is 3. The number of aryl methyl sites for hydroxylation is 1. The lowest BCUT2D eigenvalue weighted by Gasteiger charge is -2.19. The van der Waals surface area contributed by atoms with Crippen molar-refractivity contribution in [1.82, 2.24) is 0 Å². The van der Waals surface area contributed by atoms with E-state index in [0.29, 0.717) is 12.4 Å². The molecule has 0 fully saturated rings. The Bertz CT molecular complexity index is 552. The van der Waals surface area contributed by atoms with Crippen molar-refractivity contribution in [2.24, 2.45) is 5.73 Å². The average Bonchev–Trinajstić information content (AvgIpc) is 2.75. The van der Waals surface area contributed by atoms with Crippen LogP contribution in [0.5, 0.6) is 5.75 Å². The number of hydrogen-bond donors (Lipinski definition) is 2. The molecule has 0 aromatic heterocycles. The molecule has 100 valence electrons. The van der Waals surface area contributed by atoms with Crippen LogP contribution in [0.3, 0.4) is 0 Å². The predicted molar refractivity (Wildman–Crippen MR) is 72.0 cm³/mol. The van der Waals surface area contributed by atoms with Crippen LogP contribution in [0, 0.1) is 25.2 Å². The van der Waals surface area contributed by atoms with Gasteiger partial charge in [0.1, 0.15) is 17.9 Å². The zero-order valence-corrected chi connectivity index (χ0v) is 11.4. The Kier molecular flexibility index (Phi) is 3.55. The molecule has 19 heavy (non-hydrogen) atoms. The minimum absolute atomic E-state index is 0.0967. The summed E-state index contributed by atoms with van der Waals surface area (Å²) in [5.41, 5.74) is 8.31. The minimum Gasteiger partial charge on any atom is -0.490 e. The van der Waals surface area contributed by atoms with Gasteiger partial charge < -0.3 is 20.1 Å². The standard InChI is InChI=1S/C13H17BN2O3/c1-8-4-11(18-7-13(3,16)6-15)9(2)12-10(8)5-19-14(12)17/h4,17H,5,7,16H2,1-3H3/t13-/m0/s1.